The van der Waals surface area contributed by atoms with Crippen LogP contribution in [0.2, 0.25) is 5.02 Å². The van der Waals surface area contributed by atoms with Gasteiger partial charge in [-0.3, -0.25) is 9.59 Å². The van der Waals surface area contributed by atoms with Crippen LogP contribution in [0.3, 0.4) is 0 Å². The first-order valence-electron chi connectivity index (χ1n) is 11.6. The molecule has 2 aromatic carbocycles. The van der Waals surface area contributed by atoms with Crippen molar-refractivity contribution in [2.24, 2.45) is 0 Å². The molecule has 1 amide bonds. The van der Waals surface area contributed by atoms with E-state index in [2.05, 4.69) is 15.3 Å². The van der Waals surface area contributed by atoms with Crippen LogP contribution in [-0.2, 0) is 6.54 Å². The second-order valence-corrected chi connectivity index (χ2v) is 9.04. The van der Waals surface area contributed by atoms with E-state index in [1.165, 1.54) is 0 Å². The van der Waals surface area contributed by atoms with Crippen molar-refractivity contribution < 1.29 is 14.3 Å². The molecule has 4 aromatic rings. The molecule has 0 unspecified atom stereocenters. The van der Waals surface area contributed by atoms with Crippen LogP contribution in [-0.4, -0.2) is 63.1 Å². The fraction of sp³-hybridized carbons (Fsp3) is 0.320. The summed E-state index contributed by atoms with van der Waals surface area (Å²) in [7, 11) is 3.15. The SMILES string of the molecule is COc1ccc(Cn2nnc3c(=O)[nH]c([C@@H]4CCCN(C(=O)c5ccccc5Cl)C4)nc32)cc1OC. The minimum absolute atomic E-state index is 0.131. The summed E-state index contributed by atoms with van der Waals surface area (Å²) < 4.78 is 12.3. The molecular weight excluding hydrogens is 484 g/mol. The molecule has 2 aromatic heterocycles. The molecule has 5 rings (SSSR count). The van der Waals surface area contributed by atoms with Crippen LogP contribution >= 0.6 is 11.6 Å². The Kier molecular flexibility index (Phi) is 6.60. The molecule has 1 aliphatic heterocycles. The molecule has 11 heteroatoms. The van der Waals surface area contributed by atoms with Gasteiger partial charge in [0.15, 0.2) is 22.7 Å². The molecule has 1 N–H and O–H groups in total. The number of likely N-dealkylation sites (tertiary alicyclic amines) is 1. The van der Waals surface area contributed by atoms with E-state index in [1.807, 2.05) is 18.2 Å². The summed E-state index contributed by atoms with van der Waals surface area (Å²) in [5.74, 6) is 1.46. The number of carbonyl (C=O) groups is 1. The van der Waals surface area contributed by atoms with E-state index in [1.54, 1.807) is 48.1 Å². The number of hydrogen-bond donors (Lipinski definition) is 1. The molecule has 1 fully saturated rings. The number of fused-ring (bicyclic) bond motifs is 1. The molecule has 1 aliphatic rings. The zero-order valence-electron chi connectivity index (χ0n) is 19.9. The van der Waals surface area contributed by atoms with Gasteiger partial charge in [0.1, 0.15) is 5.82 Å². The highest BCUT2D eigenvalue weighted by Crippen LogP contribution is 2.29. The van der Waals surface area contributed by atoms with Gasteiger partial charge in [-0.1, -0.05) is 35.0 Å². The fourth-order valence-corrected chi connectivity index (χ4v) is 4.74. The lowest BCUT2D eigenvalue weighted by atomic mass is 9.96. The maximum absolute atomic E-state index is 13.1. The van der Waals surface area contributed by atoms with Gasteiger partial charge in [-0.05, 0) is 42.7 Å². The van der Waals surface area contributed by atoms with E-state index < -0.39 is 0 Å². The smallest absolute Gasteiger partial charge is 0.281 e. The topological polar surface area (TPSA) is 115 Å². The first kappa shape index (κ1) is 23.8. The van der Waals surface area contributed by atoms with E-state index >= 15 is 0 Å². The maximum atomic E-state index is 13.1. The van der Waals surface area contributed by atoms with E-state index in [0.29, 0.717) is 53.2 Å². The molecular formula is C25H25ClN6O4. The lowest BCUT2D eigenvalue weighted by Gasteiger charge is -2.32. The Morgan fingerprint density at radius 3 is 2.75 bits per heavy atom. The van der Waals surface area contributed by atoms with Gasteiger partial charge in [-0.15, -0.1) is 5.10 Å². The Hall–Kier alpha value is -3.92. The van der Waals surface area contributed by atoms with Crippen LogP contribution in [0.15, 0.2) is 47.3 Å². The van der Waals surface area contributed by atoms with Crippen molar-refractivity contribution in [3.63, 3.8) is 0 Å². The molecule has 1 saturated heterocycles. The number of nitrogens with one attached hydrogen (secondary N) is 1. The Bertz CT molecular complexity index is 1480. The molecule has 0 bridgehead atoms. The minimum atomic E-state index is -0.358. The molecule has 186 valence electrons. The highest BCUT2D eigenvalue weighted by Gasteiger charge is 2.28. The summed E-state index contributed by atoms with van der Waals surface area (Å²) in [6.45, 7) is 1.39. The number of aromatic nitrogens is 5. The predicted molar refractivity (Wildman–Crippen MR) is 134 cm³/mol. The number of methoxy groups -OCH3 is 2. The molecule has 1 atom stereocenters. The number of H-pyrrole nitrogens is 1. The number of benzene rings is 2. The number of nitrogens with zero attached hydrogens (tertiary/aromatic N) is 5. The lowest BCUT2D eigenvalue weighted by molar-refractivity contribution is 0.0704. The number of piperidine rings is 1. The van der Waals surface area contributed by atoms with Gasteiger partial charge < -0.3 is 19.4 Å². The molecule has 0 spiro atoms. The molecule has 3 heterocycles. The average molecular weight is 509 g/mol. The van der Waals surface area contributed by atoms with Crippen molar-refractivity contribution >= 4 is 28.7 Å². The summed E-state index contributed by atoms with van der Waals surface area (Å²) in [5.41, 5.74) is 1.55. The highest BCUT2D eigenvalue weighted by molar-refractivity contribution is 6.33. The third-order valence-corrected chi connectivity index (χ3v) is 6.70. The van der Waals surface area contributed by atoms with E-state index in [0.717, 1.165) is 18.4 Å². The van der Waals surface area contributed by atoms with Gasteiger partial charge in [0.05, 0.1) is 31.4 Å². The van der Waals surface area contributed by atoms with E-state index in [4.69, 9.17) is 26.1 Å². The molecule has 36 heavy (non-hydrogen) atoms. The lowest BCUT2D eigenvalue weighted by Crippen LogP contribution is -2.40. The molecule has 10 nitrogen and oxygen atoms in total. The number of halogens is 1. The minimum Gasteiger partial charge on any atom is -0.493 e. The Labute approximate surface area is 211 Å². The predicted octanol–water partition coefficient (Wildman–Crippen LogP) is 3.25. The van der Waals surface area contributed by atoms with Crippen LogP contribution in [0.1, 0.15) is 40.5 Å². The van der Waals surface area contributed by atoms with Gasteiger partial charge in [0.2, 0.25) is 0 Å². The number of ether oxygens (including phenoxy) is 2. The van der Waals surface area contributed by atoms with Gasteiger partial charge in [0, 0.05) is 19.0 Å². The first-order valence-corrected chi connectivity index (χ1v) is 11.9. The normalized spacial score (nSPS) is 15.8. The Balaban J connectivity index is 1.43. The van der Waals surface area contributed by atoms with Crippen LogP contribution < -0.4 is 15.0 Å². The summed E-state index contributed by atoms with van der Waals surface area (Å²) in [4.78, 5) is 35.3. The quantitative estimate of drug-likeness (QED) is 0.425. The number of carbonyl (C=O) groups excluding carboxylic acids is 1. The zero-order chi connectivity index (χ0) is 25.2. The van der Waals surface area contributed by atoms with Crippen molar-refractivity contribution in [3.05, 3.63) is 74.8 Å². The van der Waals surface area contributed by atoms with Crippen molar-refractivity contribution in [2.75, 3.05) is 27.3 Å². The summed E-state index contributed by atoms with van der Waals surface area (Å²) >= 11 is 6.25. The number of amides is 1. The average Bonchev–Trinajstić information content (AvgIpc) is 3.31. The van der Waals surface area contributed by atoms with E-state index in [-0.39, 0.29) is 22.9 Å². The molecule has 0 aliphatic carbocycles. The van der Waals surface area contributed by atoms with Gasteiger partial charge in [-0.2, -0.15) is 0 Å². The van der Waals surface area contributed by atoms with Gasteiger partial charge in [-0.25, -0.2) is 9.67 Å². The van der Waals surface area contributed by atoms with Crippen molar-refractivity contribution in [1.29, 1.82) is 0 Å². The van der Waals surface area contributed by atoms with Crippen LogP contribution in [0.4, 0.5) is 0 Å². The highest BCUT2D eigenvalue weighted by atomic mass is 35.5. The second kappa shape index (κ2) is 9.98. The van der Waals surface area contributed by atoms with Crippen molar-refractivity contribution in [2.45, 2.75) is 25.3 Å². The summed E-state index contributed by atoms with van der Waals surface area (Å²) in [6, 6.07) is 12.6. The zero-order valence-corrected chi connectivity index (χ0v) is 20.7. The van der Waals surface area contributed by atoms with Crippen molar-refractivity contribution in [1.82, 2.24) is 29.9 Å². The summed E-state index contributed by atoms with van der Waals surface area (Å²) in [6.07, 6.45) is 1.57. The summed E-state index contributed by atoms with van der Waals surface area (Å²) in [5, 5.41) is 8.62. The van der Waals surface area contributed by atoms with Gasteiger partial charge >= 0.3 is 0 Å². The van der Waals surface area contributed by atoms with Crippen LogP contribution in [0, 0.1) is 0 Å². The van der Waals surface area contributed by atoms with Crippen molar-refractivity contribution in [3.8, 4) is 11.5 Å². The third kappa shape index (κ3) is 4.51. The molecule has 0 saturated carbocycles. The van der Waals surface area contributed by atoms with E-state index in [9.17, 15) is 9.59 Å². The Morgan fingerprint density at radius 1 is 1.17 bits per heavy atom. The number of rotatable bonds is 6. The standard InChI is InChI=1S/C25H25ClN6O4/c1-35-19-10-9-15(12-20(19)36-2)13-32-23-21(29-30-32)24(33)28-22(27-23)16-6-5-11-31(14-16)25(34)17-7-3-4-8-18(17)26/h3-4,7-10,12,16H,5-6,11,13-14H2,1-2H3,(H,27,28,33)/t16-/m1/s1. The monoisotopic (exact) mass is 508 g/mol. The second-order valence-electron chi connectivity index (χ2n) is 8.63. The van der Waals surface area contributed by atoms with Crippen LogP contribution in [0.5, 0.6) is 11.5 Å². The Morgan fingerprint density at radius 2 is 1.97 bits per heavy atom. The molecule has 0 radical (unpaired) electrons. The van der Waals surface area contributed by atoms with Crippen LogP contribution in [0.25, 0.3) is 11.2 Å². The largest absolute Gasteiger partial charge is 0.493 e. The maximum Gasteiger partial charge on any atom is 0.281 e. The number of hydrogen-bond acceptors (Lipinski definition) is 7. The number of aromatic amines is 1. The third-order valence-electron chi connectivity index (χ3n) is 6.37. The van der Waals surface area contributed by atoms with Gasteiger partial charge in [0.25, 0.3) is 11.5 Å². The first-order chi connectivity index (χ1) is 17.5. The fourth-order valence-electron chi connectivity index (χ4n) is 4.52.